The number of ether oxygens (including phenoxy) is 1. The normalized spacial score (nSPS) is 10.2. The number of nitrogens with two attached hydrogens (primary N) is 1. The van der Waals surface area contributed by atoms with Crippen LogP contribution in [0.5, 0.6) is 5.75 Å². The van der Waals surface area contributed by atoms with E-state index in [0.29, 0.717) is 23.6 Å². The van der Waals surface area contributed by atoms with E-state index >= 15 is 0 Å². The molecule has 0 aliphatic rings. The van der Waals surface area contributed by atoms with Gasteiger partial charge in [-0.1, -0.05) is 18.7 Å². The number of hydrogen-bond donors (Lipinski definition) is 2. The molecular weight excluding hydrogens is 244 g/mol. The van der Waals surface area contributed by atoms with Crippen LogP contribution >= 0.6 is 0 Å². The van der Waals surface area contributed by atoms with Crippen LogP contribution in [0.1, 0.15) is 17.4 Å². The lowest BCUT2D eigenvalue weighted by molar-refractivity contribution is 0.0996. The number of benzene rings is 1. The summed E-state index contributed by atoms with van der Waals surface area (Å²) < 4.78 is 5.62. The highest BCUT2D eigenvalue weighted by molar-refractivity contribution is 5.97. The predicted octanol–water partition coefficient (Wildman–Crippen LogP) is 1.53. The number of hydrogen-bond acceptors (Lipinski definition) is 4. The molecule has 1 heterocycles. The molecule has 0 saturated carbocycles. The molecule has 0 unspecified atom stereocenters. The first-order valence-corrected chi connectivity index (χ1v) is 5.66. The minimum Gasteiger partial charge on any atom is -0.489 e. The van der Waals surface area contributed by atoms with Crippen LogP contribution < -0.4 is 10.5 Å². The van der Waals surface area contributed by atoms with Gasteiger partial charge in [0.05, 0.1) is 0 Å². The van der Waals surface area contributed by atoms with Crippen molar-refractivity contribution < 1.29 is 9.53 Å². The lowest BCUT2D eigenvalue weighted by atomic mass is 10.1. The van der Waals surface area contributed by atoms with E-state index in [-0.39, 0.29) is 5.69 Å². The van der Waals surface area contributed by atoms with Crippen molar-refractivity contribution in [2.75, 3.05) is 6.61 Å². The molecule has 6 heteroatoms. The summed E-state index contributed by atoms with van der Waals surface area (Å²) >= 11 is 0. The molecule has 0 atom stereocenters. The van der Waals surface area contributed by atoms with E-state index in [4.69, 9.17) is 10.5 Å². The van der Waals surface area contributed by atoms with Gasteiger partial charge in [-0.2, -0.15) is 15.4 Å². The van der Waals surface area contributed by atoms with E-state index in [1.54, 1.807) is 12.1 Å². The molecule has 0 aliphatic heterocycles. The number of carbonyl (C=O) groups is 1. The molecule has 6 nitrogen and oxygen atoms in total. The van der Waals surface area contributed by atoms with E-state index in [1.165, 1.54) is 0 Å². The van der Waals surface area contributed by atoms with E-state index in [2.05, 4.69) is 22.0 Å². The predicted molar refractivity (Wildman–Crippen MR) is 70.6 cm³/mol. The fourth-order valence-corrected chi connectivity index (χ4v) is 1.58. The highest BCUT2D eigenvalue weighted by Gasteiger charge is 2.18. The van der Waals surface area contributed by atoms with Crippen molar-refractivity contribution in [3.05, 3.63) is 42.1 Å². The zero-order valence-electron chi connectivity index (χ0n) is 10.5. The van der Waals surface area contributed by atoms with Gasteiger partial charge >= 0.3 is 0 Å². The second-order valence-electron chi connectivity index (χ2n) is 4.13. The standard InChI is InChI=1S/C13H14N4O2/c1-8(2)7-19-10-6-4-3-5-9(10)11-12(13(14)18)16-17-15-11/h3-6H,1,7H2,2H3,(H2,14,18)(H,15,16,17). The van der Waals surface area contributed by atoms with Gasteiger partial charge in [0.15, 0.2) is 5.69 Å². The summed E-state index contributed by atoms with van der Waals surface area (Å²) in [4.78, 5) is 11.3. The number of rotatable bonds is 5. The number of carbonyl (C=O) groups excluding carboxylic acids is 1. The maximum absolute atomic E-state index is 11.3. The number of aromatic nitrogens is 3. The molecule has 0 radical (unpaired) electrons. The largest absolute Gasteiger partial charge is 0.489 e. The Balaban J connectivity index is 2.41. The van der Waals surface area contributed by atoms with E-state index in [1.807, 2.05) is 19.1 Å². The highest BCUT2D eigenvalue weighted by atomic mass is 16.5. The maximum Gasteiger partial charge on any atom is 0.271 e. The Morgan fingerprint density at radius 2 is 2.16 bits per heavy atom. The fraction of sp³-hybridized carbons (Fsp3) is 0.154. The summed E-state index contributed by atoms with van der Waals surface area (Å²) in [5.41, 5.74) is 7.27. The smallest absolute Gasteiger partial charge is 0.271 e. The average molecular weight is 258 g/mol. The molecule has 0 fully saturated rings. The number of nitrogens with zero attached hydrogens (tertiary/aromatic N) is 2. The summed E-state index contributed by atoms with van der Waals surface area (Å²) in [6.45, 7) is 6.03. The van der Waals surface area contributed by atoms with Crippen molar-refractivity contribution in [1.82, 2.24) is 15.4 Å². The Morgan fingerprint density at radius 3 is 2.84 bits per heavy atom. The Bertz CT molecular complexity index is 619. The van der Waals surface area contributed by atoms with E-state index < -0.39 is 5.91 Å². The van der Waals surface area contributed by atoms with Gasteiger partial charge in [0, 0.05) is 5.56 Å². The molecule has 2 rings (SSSR count). The van der Waals surface area contributed by atoms with Gasteiger partial charge in [-0.3, -0.25) is 4.79 Å². The second kappa shape index (κ2) is 5.34. The van der Waals surface area contributed by atoms with Gasteiger partial charge in [-0.25, -0.2) is 0 Å². The van der Waals surface area contributed by atoms with Crippen molar-refractivity contribution in [3.8, 4) is 17.0 Å². The van der Waals surface area contributed by atoms with Crippen LogP contribution in [0.4, 0.5) is 0 Å². The number of nitrogens with one attached hydrogen (secondary N) is 1. The molecule has 0 aliphatic carbocycles. The molecule has 98 valence electrons. The van der Waals surface area contributed by atoms with Gasteiger partial charge in [0.1, 0.15) is 18.1 Å². The third kappa shape index (κ3) is 2.79. The summed E-state index contributed by atoms with van der Waals surface area (Å²) in [5, 5.41) is 10.1. The molecule has 1 aromatic heterocycles. The first-order valence-electron chi connectivity index (χ1n) is 5.66. The molecule has 0 bridgehead atoms. The first kappa shape index (κ1) is 12.8. The molecule has 19 heavy (non-hydrogen) atoms. The Labute approximate surface area is 110 Å². The third-order valence-electron chi connectivity index (χ3n) is 2.40. The van der Waals surface area contributed by atoms with Crippen LogP contribution in [0.25, 0.3) is 11.3 Å². The summed E-state index contributed by atoms with van der Waals surface area (Å²) in [6.07, 6.45) is 0. The summed E-state index contributed by atoms with van der Waals surface area (Å²) in [7, 11) is 0. The minimum atomic E-state index is -0.640. The first-order chi connectivity index (χ1) is 9.09. The quantitative estimate of drug-likeness (QED) is 0.795. The minimum absolute atomic E-state index is 0.0892. The Hall–Kier alpha value is -2.63. The third-order valence-corrected chi connectivity index (χ3v) is 2.40. The van der Waals surface area contributed by atoms with Crippen LogP contribution in [0.2, 0.25) is 0 Å². The van der Waals surface area contributed by atoms with Crippen LogP contribution in [-0.2, 0) is 0 Å². The molecule has 0 saturated heterocycles. The summed E-state index contributed by atoms with van der Waals surface area (Å²) in [5.74, 6) is -0.0413. The number of para-hydroxylation sites is 1. The fourth-order valence-electron chi connectivity index (χ4n) is 1.58. The monoisotopic (exact) mass is 258 g/mol. The number of aromatic amines is 1. The van der Waals surface area contributed by atoms with E-state index in [0.717, 1.165) is 5.57 Å². The lowest BCUT2D eigenvalue weighted by Gasteiger charge is -2.10. The van der Waals surface area contributed by atoms with Crippen LogP contribution in [0, 0.1) is 0 Å². The Morgan fingerprint density at radius 1 is 1.42 bits per heavy atom. The van der Waals surface area contributed by atoms with Crippen molar-refractivity contribution in [2.24, 2.45) is 5.73 Å². The second-order valence-corrected chi connectivity index (χ2v) is 4.13. The van der Waals surface area contributed by atoms with Gasteiger partial charge in [-0.15, -0.1) is 0 Å². The molecule has 1 aromatic carbocycles. The van der Waals surface area contributed by atoms with Gasteiger partial charge in [0.2, 0.25) is 0 Å². The lowest BCUT2D eigenvalue weighted by Crippen LogP contribution is -2.13. The van der Waals surface area contributed by atoms with Crippen LogP contribution in [-0.4, -0.2) is 27.9 Å². The van der Waals surface area contributed by atoms with Crippen molar-refractivity contribution in [3.63, 3.8) is 0 Å². The molecule has 3 N–H and O–H groups in total. The number of amides is 1. The van der Waals surface area contributed by atoms with Crippen molar-refractivity contribution >= 4 is 5.91 Å². The van der Waals surface area contributed by atoms with E-state index in [9.17, 15) is 4.79 Å². The van der Waals surface area contributed by atoms with Gasteiger partial charge in [0.25, 0.3) is 5.91 Å². The average Bonchev–Trinajstić information content (AvgIpc) is 2.85. The Kier molecular flexibility index (Phi) is 3.61. The number of H-pyrrole nitrogens is 1. The van der Waals surface area contributed by atoms with Crippen LogP contribution in [0.15, 0.2) is 36.4 Å². The molecular formula is C13H14N4O2. The zero-order valence-corrected chi connectivity index (χ0v) is 10.5. The van der Waals surface area contributed by atoms with Crippen molar-refractivity contribution in [2.45, 2.75) is 6.92 Å². The maximum atomic E-state index is 11.3. The highest BCUT2D eigenvalue weighted by Crippen LogP contribution is 2.29. The summed E-state index contributed by atoms with van der Waals surface area (Å²) in [6, 6.07) is 7.24. The number of primary amides is 1. The van der Waals surface area contributed by atoms with Crippen LogP contribution in [0.3, 0.4) is 0 Å². The molecule has 1 amide bonds. The zero-order chi connectivity index (χ0) is 13.8. The topological polar surface area (TPSA) is 93.9 Å². The SMILES string of the molecule is C=C(C)COc1ccccc1-c1n[nH]nc1C(N)=O. The molecule has 0 spiro atoms. The van der Waals surface area contributed by atoms with Crippen molar-refractivity contribution in [1.29, 1.82) is 0 Å². The molecule has 2 aromatic rings. The van der Waals surface area contributed by atoms with Gasteiger partial charge < -0.3 is 10.5 Å². The van der Waals surface area contributed by atoms with Gasteiger partial charge in [-0.05, 0) is 24.6 Å².